The Hall–Kier alpha value is -3.44. The number of hydrogen-bond acceptors (Lipinski definition) is 9. The van der Waals surface area contributed by atoms with E-state index in [0.717, 1.165) is 25.0 Å². The number of carbonyl (C=O) groups is 4. The second kappa shape index (κ2) is 17.2. The summed E-state index contributed by atoms with van der Waals surface area (Å²) in [6.45, 7) is 14.5. The summed E-state index contributed by atoms with van der Waals surface area (Å²) in [5.41, 5.74) is 3.17. The van der Waals surface area contributed by atoms with Gasteiger partial charge in [0.25, 0.3) is 11.9 Å². The van der Waals surface area contributed by atoms with Crippen molar-refractivity contribution in [2.45, 2.75) is 92.3 Å². The minimum absolute atomic E-state index is 0.280. The van der Waals surface area contributed by atoms with Crippen LogP contribution in [0, 0.1) is 11.8 Å². The van der Waals surface area contributed by atoms with Crippen molar-refractivity contribution in [3.05, 3.63) is 47.3 Å². The average Bonchev–Trinajstić information content (AvgIpc) is 2.78. The smallest absolute Gasteiger partial charge is 0.303 e. The van der Waals surface area contributed by atoms with Gasteiger partial charge >= 0.3 is 11.9 Å². The number of ether oxygens (including phenoxy) is 3. The molecule has 1 aliphatic heterocycles. The van der Waals surface area contributed by atoms with Crippen LogP contribution in [-0.4, -0.2) is 68.9 Å². The van der Waals surface area contributed by atoms with Crippen molar-refractivity contribution in [1.29, 1.82) is 0 Å². The fourth-order valence-electron chi connectivity index (χ4n) is 4.30. The number of aliphatic carboxylic acids is 2. The van der Waals surface area contributed by atoms with E-state index in [1.807, 2.05) is 20.8 Å². The Kier molecular flexibility index (Phi) is 15.7. The Balaban J connectivity index is 0.00000159. The van der Waals surface area contributed by atoms with Crippen LogP contribution in [0.5, 0.6) is 0 Å². The fraction of sp³-hybridized carbons (Fsp3) is 0.571. The third-order valence-electron chi connectivity index (χ3n) is 5.50. The summed E-state index contributed by atoms with van der Waals surface area (Å²) in [5, 5.41) is 35.8. The SMILES string of the molecule is C=C1CC(O)C=C(C)CCC2C(C(OC(C)=O)C(C=C(C)C)OC(C)=O)=COC(O)C12.CC(=O)O.CC(=O)O. The van der Waals surface area contributed by atoms with E-state index in [2.05, 4.69) is 6.58 Å². The Morgan fingerprint density at radius 2 is 1.51 bits per heavy atom. The summed E-state index contributed by atoms with van der Waals surface area (Å²) in [5.74, 6) is -3.48. The third-order valence-corrected chi connectivity index (χ3v) is 5.50. The summed E-state index contributed by atoms with van der Waals surface area (Å²) < 4.78 is 16.7. The zero-order valence-electron chi connectivity index (χ0n) is 23.7. The van der Waals surface area contributed by atoms with Crippen LogP contribution in [0.1, 0.15) is 67.7 Å². The molecule has 2 rings (SSSR count). The van der Waals surface area contributed by atoms with Crippen LogP contribution >= 0.6 is 0 Å². The largest absolute Gasteiger partial charge is 0.481 e. The molecule has 0 amide bonds. The molecule has 0 fully saturated rings. The van der Waals surface area contributed by atoms with Crippen molar-refractivity contribution in [3.8, 4) is 0 Å². The number of allylic oxidation sites excluding steroid dienone is 2. The van der Waals surface area contributed by atoms with E-state index in [-0.39, 0.29) is 12.3 Å². The van der Waals surface area contributed by atoms with Gasteiger partial charge in [0.05, 0.1) is 12.4 Å². The van der Waals surface area contributed by atoms with Crippen LogP contribution in [0.3, 0.4) is 0 Å². The molecule has 0 spiro atoms. The molecule has 0 bridgehead atoms. The number of aliphatic hydroxyl groups excluding tert-OH is 2. The topological polar surface area (TPSA) is 177 Å². The molecular formula is C28H42O11. The van der Waals surface area contributed by atoms with E-state index in [0.29, 0.717) is 24.0 Å². The molecule has 0 radical (unpaired) electrons. The molecule has 0 aromatic heterocycles. The van der Waals surface area contributed by atoms with Gasteiger partial charge in [-0.2, -0.15) is 0 Å². The van der Waals surface area contributed by atoms with E-state index in [1.54, 1.807) is 12.2 Å². The lowest BCUT2D eigenvalue weighted by Gasteiger charge is -2.40. The maximum absolute atomic E-state index is 12.0. The lowest BCUT2D eigenvalue weighted by molar-refractivity contribution is -0.162. The quantitative estimate of drug-likeness (QED) is 0.289. The predicted octanol–water partition coefficient (Wildman–Crippen LogP) is 3.51. The zero-order chi connectivity index (χ0) is 30.4. The highest BCUT2D eigenvalue weighted by molar-refractivity contribution is 5.68. The Bertz CT molecular complexity index is 952. The van der Waals surface area contributed by atoms with Gasteiger partial charge in [0.2, 0.25) is 6.29 Å². The summed E-state index contributed by atoms with van der Waals surface area (Å²) in [4.78, 5) is 41.8. The predicted molar refractivity (Wildman–Crippen MR) is 142 cm³/mol. The molecule has 39 heavy (non-hydrogen) atoms. The van der Waals surface area contributed by atoms with Gasteiger partial charge in [0.15, 0.2) is 12.2 Å². The molecule has 1 heterocycles. The molecule has 0 aromatic rings. The molecule has 11 nitrogen and oxygen atoms in total. The van der Waals surface area contributed by atoms with Gasteiger partial charge in [-0.3, -0.25) is 19.2 Å². The molecule has 4 N–H and O–H groups in total. The van der Waals surface area contributed by atoms with E-state index in [4.69, 9.17) is 34.0 Å². The van der Waals surface area contributed by atoms with Crippen LogP contribution in [-0.2, 0) is 33.4 Å². The first-order chi connectivity index (χ1) is 18.0. The van der Waals surface area contributed by atoms with Gasteiger partial charge < -0.3 is 34.6 Å². The summed E-state index contributed by atoms with van der Waals surface area (Å²) >= 11 is 0. The van der Waals surface area contributed by atoms with Gasteiger partial charge in [0.1, 0.15) is 0 Å². The lowest BCUT2D eigenvalue weighted by atomic mass is 9.74. The first-order valence-corrected chi connectivity index (χ1v) is 12.4. The Morgan fingerprint density at radius 3 is 1.97 bits per heavy atom. The van der Waals surface area contributed by atoms with Crippen LogP contribution in [0.4, 0.5) is 0 Å². The number of hydrogen-bond donors (Lipinski definition) is 4. The monoisotopic (exact) mass is 554 g/mol. The number of rotatable bonds is 5. The Morgan fingerprint density at radius 1 is 1.00 bits per heavy atom. The molecule has 11 heteroatoms. The van der Waals surface area contributed by atoms with Crippen molar-refractivity contribution in [2.24, 2.45) is 11.8 Å². The highest BCUT2D eigenvalue weighted by Gasteiger charge is 2.43. The first kappa shape index (κ1) is 35.6. The number of fused-ring (bicyclic) bond motifs is 1. The van der Waals surface area contributed by atoms with Gasteiger partial charge in [-0.1, -0.05) is 29.4 Å². The third kappa shape index (κ3) is 14.3. The first-order valence-electron chi connectivity index (χ1n) is 12.4. The molecule has 6 atom stereocenters. The molecule has 0 saturated carbocycles. The minimum Gasteiger partial charge on any atom is -0.481 e. The van der Waals surface area contributed by atoms with E-state index in [1.165, 1.54) is 20.1 Å². The number of carbonyl (C=O) groups excluding carboxylic acids is 2. The molecular weight excluding hydrogens is 512 g/mol. The molecule has 1 aliphatic carbocycles. The normalized spacial score (nSPS) is 23.7. The molecule has 0 saturated heterocycles. The Labute approximate surface area is 229 Å². The maximum atomic E-state index is 12.0. The van der Waals surface area contributed by atoms with Crippen LogP contribution in [0.15, 0.2) is 47.3 Å². The van der Waals surface area contributed by atoms with Gasteiger partial charge in [-0.05, 0) is 52.0 Å². The van der Waals surface area contributed by atoms with Gasteiger partial charge in [0, 0.05) is 39.2 Å². The highest BCUT2D eigenvalue weighted by atomic mass is 16.6. The lowest BCUT2D eigenvalue weighted by Crippen LogP contribution is -2.44. The highest BCUT2D eigenvalue weighted by Crippen LogP contribution is 2.43. The standard InChI is InChI=1S/C24H34O7.2C2H4O2/c1-13(2)9-21(30-16(5)25)23(31-17(6)26)20-12-29-24(28)22-15(4)11-18(27)10-14(3)7-8-19(20)22;2*1-2(3)4/h9-10,12,18-19,21-24,27-28H,4,7-8,11H2,1-3,5-6H3;2*1H3,(H,3,4). The molecule has 2 aliphatic rings. The molecule has 6 unspecified atom stereocenters. The molecule has 220 valence electrons. The van der Waals surface area contributed by atoms with E-state index in [9.17, 15) is 19.8 Å². The van der Waals surface area contributed by atoms with Crippen molar-refractivity contribution in [1.82, 2.24) is 0 Å². The average molecular weight is 555 g/mol. The van der Waals surface area contributed by atoms with Gasteiger partial charge in [-0.15, -0.1) is 0 Å². The van der Waals surface area contributed by atoms with Crippen molar-refractivity contribution >= 4 is 23.9 Å². The van der Waals surface area contributed by atoms with Crippen LogP contribution < -0.4 is 0 Å². The number of carboxylic acids is 2. The minimum atomic E-state index is -1.14. The number of carboxylic acid groups (broad SMARTS) is 2. The van der Waals surface area contributed by atoms with Crippen LogP contribution in [0.25, 0.3) is 0 Å². The van der Waals surface area contributed by atoms with E-state index < -0.39 is 54.4 Å². The summed E-state index contributed by atoms with van der Waals surface area (Å²) in [6.07, 6.45) is 2.91. The van der Waals surface area contributed by atoms with Crippen molar-refractivity contribution in [2.75, 3.05) is 0 Å². The summed E-state index contributed by atoms with van der Waals surface area (Å²) in [6, 6.07) is 0. The van der Waals surface area contributed by atoms with Crippen molar-refractivity contribution in [3.63, 3.8) is 0 Å². The van der Waals surface area contributed by atoms with Crippen LogP contribution in [0.2, 0.25) is 0 Å². The fourth-order valence-corrected chi connectivity index (χ4v) is 4.30. The second-order valence-corrected chi connectivity index (χ2v) is 9.64. The van der Waals surface area contributed by atoms with Gasteiger partial charge in [-0.25, -0.2) is 0 Å². The second-order valence-electron chi connectivity index (χ2n) is 9.64. The number of aliphatic hydroxyl groups is 2. The molecule has 0 aromatic carbocycles. The van der Waals surface area contributed by atoms with Crippen molar-refractivity contribution < 1.29 is 53.8 Å². The van der Waals surface area contributed by atoms with E-state index >= 15 is 0 Å². The zero-order valence-corrected chi connectivity index (χ0v) is 23.7. The summed E-state index contributed by atoms with van der Waals surface area (Å²) in [7, 11) is 0. The maximum Gasteiger partial charge on any atom is 0.303 e. The number of esters is 2.